The molecule has 17 heteroatoms. The Labute approximate surface area is 434 Å². The van der Waals surface area contributed by atoms with Gasteiger partial charge < -0.3 is 5.11 Å². The Morgan fingerprint density at radius 2 is 1.29 bits per heavy atom. The fourth-order valence-electron chi connectivity index (χ4n) is 13.7. The summed E-state index contributed by atoms with van der Waals surface area (Å²) in [5.74, 6) is -4.85. The summed E-state index contributed by atoms with van der Waals surface area (Å²) in [6.45, 7) is 46.0. The summed E-state index contributed by atoms with van der Waals surface area (Å²) in [5, 5.41) is 37.1. The normalized spacial score (nSPS) is 45.7. The van der Waals surface area contributed by atoms with Gasteiger partial charge in [-0.3, -0.25) is 0 Å². The zero-order valence-electron chi connectivity index (χ0n) is 48.3. The van der Waals surface area contributed by atoms with Gasteiger partial charge in [-0.25, -0.2) is 0 Å². The van der Waals surface area contributed by atoms with Crippen LogP contribution in [-0.2, 0) is 45.5 Å². The molecule has 0 unspecified atom stereocenters. The monoisotopic (exact) mass is 1220 g/mol. The van der Waals surface area contributed by atoms with Crippen LogP contribution in [0.2, 0.25) is 13.7 Å². The van der Waals surface area contributed by atoms with Crippen molar-refractivity contribution in [2.75, 3.05) is 21.2 Å². The van der Waals surface area contributed by atoms with Crippen LogP contribution in [0.15, 0.2) is 0 Å². The van der Waals surface area contributed by atoms with Gasteiger partial charge in [0.25, 0.3) is 0 Å². The van der Waals surface area contributed by atoms with Gasteiger partial charge in [0.1, 0.15) is 0 Å². The standard InChI is InChI=1S/C37H65NO13.4C4H9.O.2Sn/c1-14-25-36(10,43)29(40)22(6)37(44)18(2)16-35(9,51-37)31(50-33-27(39)24(38(11)12)15-19(3)46-33)20(4)28(21(5)32(42)48-25)49-26-17-34(8,45-13)30(41)23(7)47-26;4*1-4(2)3;;;/h18-31,33,39-41H,14-17H2,1-13H3;4*1-3H3;;;/q-2;;;;;;2*+1/t18-,19-,20+,21-,22+,23+,24+,25+,26+,27-,28-,29-,30+,31-,33+,34-,35+,36-,37+;;;;;;;/m1......./s1. The molecule has 0 aromatic heterocycles. The molecule has 0 saturated carbocycles. The number of hydrogen-bond donors (Lipinski definition) is 3. The van der Waals surface area contributed by atoms with Gasteiger partial charge >= 0.3 is 425 Å². The average molecular weight is 1210 g/mol. The molecule has 19 atom stereocenters. The van der Waals surface area contributed by atoms with E-state index in [0.29, 0.717) is 19.3 Å². The molecule has 5 rings (SSSR count). The van der Waals surface area contributed by atoms with E-state index in [4.69, 9.17) is 40.7 Å². The van der Waals surface area contributed by atoms with E-state index >= 15 is 4.79 Å². The van der Waals surface area contributed by atoms with E-state index in [-0.39, 0.29) is 24.5 Å². The molecule has 5 aliphatic heterocycles. The second kappa shape index (κ2) is 20.7. The van der Waals surface area contributed by atoms with E-state index in [1.807, 2.05) is 67.5 Å². The predicted molar refractivity (Wildman–Crippen MR) is 274 cm³/mol. The number of aliphatic hydroxyl groups is 3. The number of aliphatic hydroxyl groups excluding tert-OH is 3. The number of fused-ring (bicyclic) bond motifs is 3. The van der Waals surface area contributed by atoms with Crippen molar-refractivity contribution < 1.29 is 60.8 Å². The molecular formula is C53H101NO14Sn2. The fourth-order valence-corrected chi connectivity index (χ4v) is 72.7. The fraction of sp³-hybridized carbons (Fsp3) is 0.981. The third kappa shape index (κ3) is 10.6. The molecule has 0 aromatic carbocycles. The summed E-state index contributed by atoms with van der Waals surface area (Å²) < 4.78 is 71.0. The van der Waals surface area contributed by atoms with Crippen LogP contribution >= 0.6 is 0 Å². The first kappa shape index (κ1) is 61.4. The Bertz CT molecular complexity index is 1790. The van der Waals surface area contributed by atoms with Gasteiger partial charge in [-0.1, -0.05) is 0 Å². The third-order valence-corrected chi connectivity index (χ3v) is 56.5. The van der Waals surface area contributed by atoms with Crippen molar-refractivity contribution in [3.05, 3.63) is 0 Å². The molecule has 1 spiro atoms. The zero-order valence-corrected chi connectivity index (χ0v) is 54.0. The number of carbonyl (C=O) groups is 1. The summed E-state index contributed by atoms with van der Waals surface area (Å²) in [4.78, 5) is 17.4. The van der Waals surface area contributed by atoms with Gasteiger partial charge in [-0.15, -0.1) is 0 Å². The van der Waals surface area contributed by atoms with Crippen LogP contribution in [-0.4, -0.2) is 176 Å². The van der Waals surface area contributed by atoms with Crippen molar-refractivity contribution in [3.8, 4) is 0 Å². The van der Waals surface area contributed by atoms with Gasteiger partial charge in [-0.05, 0) is 0 Å². The van der Waals surface area contributed by atoms with E-state index in [9.17, 15) is 15.3 Å². The summed E-state index contributed by atoms with van der Waals surface area (Å²) >= 11 is -9.97. The summed E-state index contributed by atoms with van der Waals surface area (Å²) in [7, 11) is 5.44. The molecule has 0 amide bonds. The first-order chi connectivity index (χ1) is 31.6. The number of nitrogens with zero attached hydrogens (tertiary/aromatic N) is 1. The molecule has 0 radical (unpaired) electrons. The van der Waals surface area contributed by atoms with Gasteiger partial charge in [0.15, 0.2) is 0 Å². The molecule has 0 aromatic rings. The van der Waals surface area contributed by atoms with Crippen LogP contribution in [0, 0.1) is 23.7 Å². The summed E-state index contributed by atoms with van der Waals surface area (Å²) in [6, 6.07) is -0.281. The Kier molecular flexibility index (Phi) is 18.2. The minimum absolute atomic E-state index is 0.163. The first-order valence-corrected chi connectivity index (χ1v) is 36.8. The Morgan fingerprint density at radius 1 is 0.757 bits per heavy atom. The molecule has 410 valence electrons. The molecule has 3 bridgehead atoms. The molecule has 5 saturated heterocycles. The van der Waals surface area contributed by atoms with Crippen LogP contribution in [0.25, 0.3) is 0 Å². The Morgan fingerprint density at radius 3 is 1.77 bits per heavy atom. The molecule has 0 aliphatic carbocycles. The topological polar surface area (TPSA) is 173 Å². The van der Waals surface area contributed by atoms with Gasteiger partial charge in [0.05, 0.1) is 0 Å². The Balaban J connectivity index is 1.91. The van der Waals surface area contributed by atoms with Gasteiger partial charge in [0, 0.05) is 7.11 Å². The van der Waals surface area contributed by atoms with Crippen LogP contribution < -0.4 is 0 Å². The van der Waals surface area contributed by atoms with Crippen molar-refractivity contribution in [1.29, 1.82) is 0 Å². The molecule has 5 fully saturated rings. The van der Waals surface area contributed by atoms with Crippen LogP contribution in [0.5, 0.6) is 0 Å². The number of cyclic esters (lactones) is 1. The van der Waals surface area contributed by atoms with Crippen molar-refractivity contribution in [2.24, 2.45) is 23.7 Å². The number of likely N-dealkylation sites (N-methyl/N-ethyl adjacent to an activating group) is 1. The maximum atomic E-state index is 15.4. The molecule has 5 aliphatic rings. The predicted octanol–water partition coefficient (Wildman–Crippen LogP) is 9.11. The van der Waals surface area contributed by atoms with Crippen molar-refractivity contribution in [2.45, 2.75) is 282 Å². The van der Waals surface area contributed by atoms with Crippen LogP contribution in [0.3, 0.4) is 0 Å². The molecule has 3 N–H and O–H groups in total. The van der Waals surface area contributed by atoms with E-state index in [2.05, 4.69) is 90.0 Å². The quantitative estimate of drug-likeness (QED) is 0.163. The van der Waals surface area contributed by atoms with E-state index in [1.165, 1.54) is 0 Å². The number of esters is 1. The second-order valence-corrected chi connectivity index (χ2v) is 57.2. The maximum absolute atomic E-state index is 15.4. The van der Waals surface area contributed by atoms with Gasteiger partial charge in [-0.2, -0.15) is 0 Å². The van der Waals surface area contributed by atoms with E-state index in [1.54, 1.807) is 21.0 Å². The SMILES string of the molecule is CC[C@@H]1OC(=O)[C@H](C)[C@H](O[C@H]2C[C@@](C)(OC)[C@@H](O)[C@H](C)O2)[C@H](C)[C@@H](O[C@@H]2O[C@H](C)C[C@H](N(C)C)[C@H]2O)[C@]2(C)C[C@@H](C)[C@@]3(O2)[O][Sn]([C](C)(C)C)([C](C)(C)C)[O][Sn]([C](C)(C)C)([C](C)(C)C)[O][C@@]1(C)[C@H](O)[C@@H]3C. The summed E-state index contributed by atoms with van der Waals surface area (Å²) in [5.41, 5.74) is -3.79. The number of rotatable bonds is 7. The van der Waals surface area contributed by atoms with Crippen molar-refractivity contribution in [1.82, 2.24) is 4.90 Å². The van der Waals surface area contributed by atoms with Crippen LogP contribution in [0.1, 0.15) is 178 Å². The number of carbonyl (C=O) groups excluding carboxylic acids is 1. The van der Waals surface area contributed by atoms with Crippen molar-refractivity contribution in [3.63, 3.8) is 0 Å². The minimum atomic E-state index is -5.00. The van der Waals surface area contributed by atoms with Crippen LogP contribution in [0.4, 0.5) is 0 Å². The van der Waals surface area contributed by atoms with Gasteiger partial charge in [0.2, 0.25) is 0 Å². The van der Waals surface area contributed by atoms with E-state index in [0.717, 1.165) is 0 Å². The molecule has 70 heavy (non-hydrogen) atoms. The average Bonchev–Trinajstić information content (AvgIpc) is 3.50. The van der Waals surface area contributed by atoms with E-state index < -0.39 is 154 Å². The van der Waals surface area contributed by atoms with Crippen molar-refractivity contribution >= 4 is 44.4 Å². The molecule has 5 heterocycles. The zero-order chi connectivity index (χ0) is 53.7. The first-order valence-electron chi connectivity index (χ1n) is 26.5. The second-order valence-electron chi connectivity index (χ2n) is 27.3. The number of hydrogen-bond acceptors (Lipinski definition) is 15. The summed E-state index contributed by atoms with van der Waals surface area (Å²) in [6.07, 6.45) is -7.65. The number of ether oxygens (including phenoxy) is 7. The molecular weight excluding hydrogens is 1110 g/mol. The molecule has 15 nitrogen and oxygen atoms in total. The third-order valence-electron chi connectivity index (χ3n) is 17.5. The Hall–Kier alpha value is 0.547. The number of methoxy groups -OCH3 is 1.